The highest BCUT2D eigenvalue weighted by Crippen LogP contribution is 2.22. The first-order valence-electron chi connectivity index (χ1n) is 5.89. The van der Waals surface area contributed by atoms with Crippen molar-refractivity contribution in [2.24, 2.45) is 7.05 Å². The van der Waals surface area contributed by atoms with Crippen LogP contribution in [0.2, 0.25) is 5.15 Å². The standard InChI is InChI=1S/C13H15ClN2O3S/c1-9-6-11(4-5-12(9)20(3,17)18)19-8-10-7-13(14)16(2)15-10/h4-7H,8H2,1-3H3. The van der Waals surface area contributed by atoms with Crippen molar-refractivity contribution in [3.63, 3.8) is 0 Å². The molecule has 0 bridgehead atoms. The molecule has 7 heteroatoms. The smallest absolute Gasteiger partial charge is 0.175 e. The van der Waals surface area contributed by atoms with Crippen molar-refractivity contribution >= 4 is 21.4 Å². The molecule has 0 N–H and O–H groups in total. The average molecular weight is 315 g/mol. The molecular formula is C13H15ClN2O3S. The summed E-state index contributed by atoms with van der Waals surface area (Å²) in [5, 5.41) is 4.70. The Morgan fingerprint density at radius 2 is 2.05 bits per heavy atom. The Kier molecular flexibility index (Phi) is 4.06. The lowest BCUT2D eigenvalue weighted by atomic mass is 10.2. The van der Waals surface area contributed by atoms with Gasteiger partial charge in [-0.2, -0.15) is 5.10 Å². The van der Waals surface area contributed by atoms with E-state index in [-0.39, 0.29) is 6.61 Å². The van der Waals surface area contributed by atoms with Gasteiger partial charge in [-0.05, 0) is 30.7 Å². The third-order valence-electron chi connectivity index (χ3n) is 2.81. The lowest BCUT2D eigenvalue weighted by molar-refractivity contribution is 0.299. The number of aryl methyl sites for hydroxylation is 2. The number of nitrogens with zero attached hydrogens (tertiary/aromatic N) is 2. The van der Waals surface area contributed by atoms with Crippen LogP contribution in [0, 0.1) is 6.92 Å². The maximum atomic E-state index is 11.5. The van der Waals surface area contributed by atoms with E-state index in [1.165, 1.54) is 6.26 Å². The molecule has 0 aliphatic heterocycles. The Labute approximate surface area is 123 Å². The van der Waals surface area contributed by atoms with Crippen LogP contribution in [0.25, 0.3) is 0 Å². The van der Waals surface area contributed by atoms with E-state index in [1.54, 1.807) is 42.9 Å². The Morgan fingerprint density at radius 1 is 1.35 bits per heavy atom. The molecule has 0 aliphatic rings. The van der Waals surface area contributed by atoms with E-state index in [4.69, 9.17) is 16.3 Å². The maximum absolute atomic E-state index is 11.5. The largest absolute Gasteiger partial charge is 0.487 e. The molecule has 20 heavy (non-hydrogen) atoms. The molecule has 1 heterocycles. The number of aromatic nitrogens is 2. The Morgan fingerprint density at radius 3 is 2.55 bits per heavy atom. The van der Waals surface area contributed by atoms with Gasteiger partial charge >= 0.3 is 0 Å². The molecule has 0 atom stereocenters. The number of halogens is 1. The van der Waals surface area contributed by atoms with Crippen molar-refractivity contribution in [3.8, 4) is 5.75 Å². The maximum Gasteiger partial charge on any atom is 0.175 e. The van der Waals surface area contributed by atoms with Crippen LogP contribution in [-0.2, 0) is 23.5 Å². The summed E-state index contributed by atoms with van der Waals surface area (Å²) >= 11 is 5.89. The molecule has 1 aromatic heterocycles. The summed E-state index contributed by atoms with van der Waals surface area (Å²) in [7, 11) is -1.46. The van der Waals surface area contributed by atoms with Crippen LogP contribution in [0.5, 0.6) is 5.75 Å². The fourth-order valence-corrected chi connectivity index (χ4v) is 2.98. The van der Waals surface area contributed by atoms with Crippen molar-refractivity contribution < 1.29 is 13.2 Å². The quantitative estimate of drug-likeness (QED) is 0.869. The van der Waals surface area contributed by atoms with Gasteiger partial charge in [-0.15, -0.1) is 0 Å². The third kappa shape index (κ3) is 3.32. The molecule has 0 spiro atoms. The minimum atomic E-state index is -3.21. The molecule has 0 aliphatic carbocycles. The highest BCUT2D eigenvalue weighted by molar-refractivity contribution is 7.90. The van der Waals surface area contributed by atoms with E-state index in [1.807, 2.05) is 0 Å². The van der Waals surface area contributed by atoms with Gasteiger partial charge in [0.05, 0.1) is 4.90 Å². The molecule has 0 unspecified atom stereocenters. The zero-order valence-corrected chi connectivity index (χ0v) is 13.0. The van der Waals surface area contributed by atoms with E-state index < -0.39 is 9.84 Å². The molecule has 108 valence electrons. The summed E-state index contributed by atoms with van der Waals surface area (Å²) in [6.07, 6.45) is 1.19. The molecule has 2 rings (SSSR count). The van der Waals surface area contributed by atoms with Crippen molar-refractivity contribution in [1.29, 1.82) is 0 Å². The van der Waals surface area contributed by atoms with Crippen molar-refractivity contribution in [2.45, 2.75) is 18.4 Å². The number of benzene rings is 1. The van der Waals surface area contributed by atoms with Gasteiger partial charge in [0.15, 0.2) is 9.84 Å². The van der Waals surface area contributed by atoms with E-state index in [9.17, 15) is 8.42 Å². The minimum Gasteiger partial charge on any atom is -0.487 e. The SMILES string of the molecule is Cc1cc(OCc2cc(Cl)n(C)n2)ccc1S(C)(=O)=O. The van der Waals surface area contributed by atoms with Crippen LogP contribution in [-0.4, -0.2) is 24.5 Å². The first-order valence-corrected chi connectivity index (χ1v) is 8.16. The van der Waals surface area contributed by atoms with Crippen LogP contribution in [0.1, 0.15) is 11.3 Å². The van der Waals surface area contributed by atoms with Crippen molar-refractivity contribution in [3.05, 3.63) is 40.7 Å². The van der Waals surface area contributed by atoms with Crippen LogP contribution < -0.4 is 4.74 Å². The summed E-state index contributed by atoms with van der Waals surface area (Å²) in [5.74, 6) is 0.594. The molecular weight excluding hydrogens is 300 g/mol. The first-order chi connectivity index (χ1) is 9.27. The number of rotatable bonds is 4. The molecule has 5 nitrogen and oxygen atoms in total. The van der Waals surface area contributed by atoms with Gasteiger partial charge in [0.1, 0.15) is 23.2 Å². The summed E-state index contributed by atoms with van der Waals surface area (Å²) in [5.41, 5.74) is 1.37. The number of hydrogen-bond acceptors (Lipinski definition) is 4. The third-order valence-corrected chi connectivity index (χ3v) is 4.42. The van der Waals surface area contributed by atoms with Gasteiger partial charge in [-0.25, -0.2) is 8.42 Å². The number of ether oxygens (including phenoxy) is 1. The normalized spacial score (nSPS) is 11.6. The van der Waals surface area contributed by atoms with Crippen molar-refractivity contribution in [2.75, 3.05) is 6.26 Å². The molecule has 0 radical (unpaired) electrons. The summed E-state index contributed by atoms with van der Waals surface area (Å²) in [4.78, 5) is 0.311. The zero-order chi connectivity index (χ0) is 14.9. The number of sulfone groups is 1. The fraction of sp³-hybridized carbons (Fsp3) is 0.308. The lowest BCUT2D eigenvalue weighted by Gasteiger charge is -2.08. The summed E-state index contributed by atoms with van der Waals surface area (Å²) in [6.45, 7) is 2.01. The number of hydrogen-bond donors (Lipinski definition) is 0. The molecule has 0 saturated heterocycles. The topological polar surface area (TPSA) is 61.2 Å². The van der Waals surface area contributed by atoms with E-state index in [2.05, 4.69) is 5.10 Å². The predicted octanol–water partition coefficient (Wildman–Crippen LogP) is 2.36. The minimum absolute atomic E-state index is 0.276. The Balaban J connectivity index is 2.13. The van der Waals surface area contributed by atoms with E-state index in [0.717, 1.165) is 0 Å². The molecule has 0 amide bonds. The Hall–Kier alpha value is -1.53. The predicted molar refractivity (Wildman–Crippen MR) is 76.8 cm³/mol. The van der Waals surface area contributed by atoms with Gasteiger partial charge < -0.3 is 4.74 Å². The monoisotopic (exact) mass is 314 g/mol. The highest BCUT2D eigenvalue weighted by atomic mass is 35.5. The second-order valence-electron chi connectivity index (χ2n) is 4.57. The first kappa shape index (κ1) is 14.9. The summed E-state index contributed by atoms with van der Waals surface area (Å²) < 4.78 is 30.2. The Bertz CT molecular complexity index is 719. The van der Waals surface area contributed by atoms with Crippen LogP contribution in [0.3, 0.4) is 0 Å². The van der Waals surface area contributed by atoms with E-state index in [0.29, 0.717) is 27.1 Å². The zero-order valence-electron chi connectivity index (χ0n) is 11.4. The van der Waals surface area contributed by atoms with Crippen LogP contribution in [0.4, 0.5) is 0 Å². The summed E-state index contributed by atoms with van der Waals surface area (Å²) in [6, 6.07) is 6.60. The van der Waals surface area contributed by atoms with Crippen molar-refractivity contribution in [1.82, 2.24) is 9.78 Å². The van der Waals surface area contributed by atoms with Gasteiger partial charge in [0.2, 0.25) is 0 Å². The van der Waals surface area contributed by atoms with Gasteiger partial charge in [-0.3, -0.25) is 4.68 Å². The molecule has 1 aromatic carbocycles. The molecule has 0 fully saturated rings. The highest BCUT2D eigenvalue weighted by Gasteiger charge is 2.11. The lowest BCUT2D eigenvalue weighted by Crippen LogP contribution is -2.02. The second-order valence-corrected chi connectivity index (χ2v) is 6.94. The van der Waals surface area contributed by atoms with Crippen LogP contribution >= 0.6 is 11.6 Å². The van der Waals surface area contributed by atoms with Crippen LogP contribution in [0.15, 0.2) is 29.2 Å². The van der Waals surface area contributed by atoms with Gasteiger partial charge in [0.25, 0.3) is 0 Å². The fourth-order valence-electron chi connectivity index (χ4n) is 1.86. The second kappa shape index (κ2) is 5.46. The van der Waals surface area contributed by atoms with Gasteiger partial charge in [0, 0.05) is 19.4 Å². The molecule has 2 aromatic rings. The molecule has 0 saturated carbocycles. The van der Waals surface area contributed by atoms with Gasteiger partial charge in [-0.1, -0.05) is 11.6 Å². The van der Waals surface area contributed by atoms with E-state index >= 15 is 0 Å². The average Bonchev–Trinajstić information content (AvgIpc) is 2.65.